The molecule has 2 fully saturated rings. The number of carbonyl (C=O) groups excluding carboxylic acids is 2. The van der Waals surface area contributed by atoms with Crippen molar-refractivity contribution in [3.05, 3.63) is 24.3 Å². The maximum Gasteiger partial charge on any atom is 0.243 e. The monoisotopic (exact) mass is 407 g/mol. The molecule has 0 aromatic heterocycles. The Hall–Kier alpha value is -1.93. The van der Waals surface area contributed by atoms with Crippen LogP contribution in [0.1, 0.15) is 46.0 Å². The number of anilines is 1. The highest BCUT2D eigenvalue weighted by molar-refractivity contribution is 7.89. The number of benzene rings is 1. The van der Waals surface area contributed by atoms with Crippen molar-refractivity contribution >= 4 is 27.5 Å². The molecule has 2 heterocycles. The molecule has 0 bridgehead atoms. The van der Waals surface area contributed by atoms with E-state index >= 15 is 0 Å². The van der Waals surface area contributed by atoms with Crippen molar-refractivity contribution in [2.45, 2.75) is 56.9 Å². The third-order valence-electron chi connectivity index (χ3n) is 5.48. The normalized spacial score (nSPS) is 21.8. The Labute approximate surface area is 167 Å². The molecule has 0 aliphatic carbocycles. The molecule has 0 spiro atoms. The topological polar surface area (TPSA) is 86.8 Å². The average molecular weight is 408 g/mol. The zero-order chi connectivity index (χ0) is 20.3. The van der Waals surface area contributed by atoms with Crippen molar-refractivity contribution in [3.63, 3.8) is 0 Å². The van der Waals surface area contributed by atoms with Gasteiger partial charge >= 0.3 is 0 Å². The third kappa shape index (κ3) is 4.55. The van der Waals surface area contributed by atoms with Gasteiger partial charge in [-0.2, -0.15) is 4.31 Å². The molecule has 1 aromatic rings. The van der Waals surface area contributed by atoms with E-state index in [0.717, 1.165) is 25.7 Å². The zero-order valence-corrected chi connectivity index (χ0v) is 17.4. The third-order valence-corrected chi connectivity index (χ3v) is 7.39. The van der Waals surface area contributed by atoms with Gasteiger partial charge in [-0.25, -0.2) is 8.42 Å². The summed E-state index contributed by atoms with van der Waals surface area (Å²) in [5, 5.41) is 2.81. The molecule has 0 saturated carbocycles. The van der Waals surface area contributed by atoms with Gasteiger partial charge in [0.1, 0.15) is 0 Å². The van der Waals surface area contributed by atoms with E-state index in [4.69, 9.17) is 0 Å². The minimum absolute atomic E-state index is 0.00552. The highest BCUT2D eigenvalue weighted by Gasteiger charge is 2.35. The van der Waals surface area contributed by atoms with Crippen LogP contribution < -0.4 is 5.32 Å². The summed E-state index contributed by atoms with van der Waals surface area (Å²) >= 11 is 0. The van der Waals surface area contributed by atoms with Crippen LogP contribution in [0.3, 0.4) is 0 Å². The van der Waals surface area contributed by atoms with Gasteiger partial charge in [-0.05, 0) is 51.0 Å². The van der Waals surface area contributed by atoms with E-state index in [2.05, 4.69) is 5.32 Å². The maximum absolute atomic E-state index is 12.8. The van der Waals surface area contributed by atoms with Crippen LogP contribution in [0.25, 0.3) is 0 Å². The first-order valence-electron chi connectivity index (χ1n) is 9.99. The molecule has 0 radical (unpaired) electrons. The predicted molar refractivity (Wildman–Crippen MR) is 107 cm³/mol. The summed E-state index contributed by atoms with van der Waals surface area (Å²) in [5.74, 6) is -0.593. The van der Waals surface area contributed by atoms with E-state index in [-0.39, 0.29) is 35.1 Å². The number of nitrogens with one attached hydrogen (secondary N) is 1. The fourth-order valence-electron chi connectivity index (χ4n) is 3.79. The fraction of sp³-hybridized carbons (Fsp3) is 0.600. The van der Waals surface area contributed by atoms with Gasteiger partial charge in [0.05, 0.1) is 10.8 Å². The van der Waals surface area contributed by atoms with Crippen molar-refractivity contribution in [1.82, 2.24) is 9.21 Å². The standard InChI is InChI=1S/C20H29N3O4S/c1-15(2)23-14-16(13-19(23)24)20(25)21-17-7-9-18(10-8-17)28(26,27)22-11-5-3-4-6-12-22/h7-10,15-16H,3-6,11-14H2,1-2H3,(H,21,25)/t16-/m1/s1. The van der Waals surface area contributed by atoms with Gasteiger partial charge in [-0.1, -0.05) is 12.8 Å². The first kappa shape index (κ1) is 20.8. The fourth-order valence-corrected chi connectivity index (χ4v) is 5.31. The Morgan fingerprint density at radius 2 is 1.68 bits per heavy atom. The largest absolute Gasteiger partial charge is 0.339 e. The number of hydrogen-bond acceptors (Lipinski definition) is 4. The summed E-state index contributed by atoms with van der Waals surface area (Å²) in [7, 11) is -3.50. The molecule has 2 aliphatic heterocycles. The maximum atomic E-state index is 12.8. The first-order valence-corrected chi connectivity index (χ1v) is 11.4. The smallest absolute Gasteiger partial charge is 0.243 e. The first-order chi connectivity index (χ1) is 13.3. The van der Waals surface area contributed by atoms with Crippen molar-refractivity contribution in [2.75, 3.05) is 25.0 Å². The van der Waals surface area contributed by atoms with Crippen LogP contribution in [0.2, 0.25) is 0 Å². The van der Waals surface area contributed by atoms with E-state index in [1.54, 1.807) is 21.3 Å². The molecule has 2 aliphatic rings. The summed E-state index contributed by atoms with van der Waals surface area (Å²) in [5.41, 5.74) is 0.537. The van der Waals surface area contributed by atoms with Crippen LogP contribution in [0.5, 0.6) is 0 Å². The molecule has 2 saturated heterocycles. The van der Waals surface area contributed by atoms with E-state index in [9.17, 15) is 18.0 Å². The van der Waals surface area contributed by atoms with Gasteiger partial charge < -0.3 is 10.2 Å². The minimum Gasteiger partial charge on any atom is -0.339 e. The summed E-state index contributed by atoms with van der Waals surface area (Å²) in [6, 6.07) is 6.37. The predicted octanol–water partition coefficient (Wildman–Crippen LogP) is 2.45. The molecule has 154 valence electrons. The lowest BCUT2D eigenvalue weighted by Gasteiger charge is -2.21. The van der Waals surface area contributed by atoms with Crippen molar-refractivity contribution < 1.29 is 18.0 Å². The molecular weight excluding hydrogens is 378 g/mol. The Kier molecular flexibility index (Phi) is 6.40. The van der Waals surface area contributed by atoms with Gasteiger partial charge in [0.25, 0.3) is 0 Å². The SMILES string of the molecule is CC(C)N1C[C@H](C(=O)Nc2ccc(S(=O)(=O)N3CCCCCC3)cc2)CC1=O. The second-order valence-electron chi connectivity index (χ2n) is 7.87. The molecule has 8 heteroatoms. The molecule has 1 aromatic carbocycles. The molecule has 2 amide bonds. The summed E-state index contributed by atoms with van der Waals surface area (Å²) in [6.07, 6.45) is 4.12. The summed E-state index contributed by atoms with van der Waals surface area (Å²) < 4.78 is 27.2. The summed E-state index contributed by atoms with van der Waals surface area (Å²) in [4.78, 5) is 26.4. The lowest BCUT2D eigenvalue weighted by molar-refractivity contribution is -0.129. The van der Waals surface area contributed by atoms with E-state index in [1.807, 2.05) is 13.8 Å². The average Bonchev–Trinajstić information content (AvgIpc) is 2.86. The molecular formula is C20H29N3O4S. The number of carbonyl (C=O) groups is 2. The van der Waals surface area contributed by atoms with Gasteiger partial charge in [-0.3, -0.25) is 9.59 Å². The second-order valence-corrected chi connectivity index (χ2v) is 9.81. The van der Waals surface area contributed by atoms with Crippen LogP contribution in [-0.2, 0) is 19.6 Å². The van der Waals surface area contributed by atoms with Crippen LogP contribution >= 0.6 is 0 Å². The van der Waals surface area contributed by atoms with Crippen molar-refractivity contribution in [3.8, 4) is 0 Å². The number of rotatable bonds is 5. The van der Waals surface area contributed by atoms with Gasteiger partial charge in [-0.15, -0.1) is 0 Å². The molecule has 1 N–H and O–H groups in total. The van der Waals surface area contributed by atoms with Crippen LogP contribution in [0.15, 0.2) is 29.2 Å². The number of amides is 2. The lowest BCUT2D eigenvalue weighted by Crippen LogP contribution is -2.33. The Balaban J connectivity index is 1.64. The van der Waals surface area contributed by atoms with Gasteiger partial charge in [0.2, 0.25) is 21.8 Å². The Morgan fingerprint density at radius 1 is 1.07 bits per heavy atom. The van der Waals surface area contributed by atoms with Crippen molar-refractivity contribution in [1.29, 1.82) is 0 Å². The Morgan fingerprint density at radius 3 is 2.21 bits per heavy atom. The molecule has 0 unspecified atom stereocenters. The highest BCUT2D eigenvalue weighted by atomic mass is 32.2. The van der Waals surface area contributed by atoms with Gasteiger partial charge in [0, 0.05) is 37.8 Å². The van der Waals surface area contributed by atoms with E-state index < -0.39 is 10.0 Å². The van der Waals surface area contributed by atoms with E-state index in [0.29, 0.717) is 25.3 Å². The second kappa shape index (κ2) is 8.61. The minimum atomic E-state index is -3.50. The molecule has 1 atom stereocenters. The number of sulfonamides is 1. The number of hydrogen-bond donors (Lipinski definition) is 1. The van der Waals surface area contributed by atoms with Crippen LogP contribution in [0, 0.1) is 5.92 Å². The van der Waals surface area contributed by atoms with Crippen LogP contribution in [-0.4, -0.2) is 55.1 Å². The summed E-state index contributed by atoms with van der Waals surface area (Å²) in [6.45, 7) is 5.40. The van der Waals surface area contributed by atoms with Crippen LogP contribution in [0.4, 0.5) is 5.69 Å². The van der Waals surface area contributed by atoms with E-state index in [1.165, 1.54) is 12.1 Å². The molecule has 28 heavy (non-hydrogen) atoms. The molecule has 3 rings (SSSR count). The van der Waals surface area contributed by atoms with Gasteiger partial charge in [0.15, 0.2) is 0 Å². The quantitative estimate of drug-likeness (QED) is 0.812. The molecule has 7 nitrogen and oxygen atoms in total. The van der Waals surface area contributed by atoms with Crippen molar-refractivity contribution in [2.24, 2.45) is 5.92 Å². The zero-order valence-electron chi connectivity index (χ0n) is 16.6. The number of likely N-dealkylation sites (tertiary alicyclic amines) is 1. The Bertz CT molecular complexity index is 812. The lowest BCUT2D eigenvalue weighted by atomic mass is 10.1. The highest BCUT2D eigenvalue weighted by Crippen LogP contribution is 2.24. The number of nitrogens with zero attached hydrogens (tertiary/aromatic N) is 2.